The van der Waals surface area contributed by atoms with Crippen molar-refractivity contribution in [2.75, 3.05) is 20.1 Å². The molecule has 0 aliphatic rings. The molecular formula is C13H28N2O2. The minimum absolute atomic E-state index is 0.190. The quantitative estimate of drug-likeness (QED) is 0.721. The van der Waals surface area contributed by atoms with Gasteiger partial charge in [-0.3, -0.25) is 4.79 Å². The van der Waals surface area contributed by atoms with Gasteiger partial charge in [-0.1, -0.05) is 0 Å². The van der Waals surface area contributed by atoms with Crippen LogP contribution in [0.4, 0.5) is 0 Å². The van der Waals surface area contributed by atoms with E-state index in [0.29, 0.717) is 6.04 Å². The lowest BCUT2D eigenvalue weighted by Crippen LogP contribution is -2.42. The standard InChI is InChI=1S/C13H28N2O2/c1-10(2)15(7)9-8-14-11(3)12(16)17-13(4,5)6/h10-11,14H,8-9H2,1-7H3. The lowest BCUT2D eigenvalue weighted by molar-refractivity contribution is -0.156. The van der Waals surface area contributed by atoms with Crippen molar-refractivity contribution in [3.05, 3.63) is 0 Å². The largest absolute Gasteiger partial charge is 0.459 e. The first-order valence-corrected chi connectivity index (χ1v) is 6.30. The van der Waals surface area contributed by atoms with Gasteiger partial charge in [0.2, 0.25) is 0 Å². The number of hydrogen-bond acceptors (Lipinski definition) is 4. The first-order valence-electron chi connectivity index (χ1n) is 6.30. The number of ether oxygens (including phenoxy) is 1. The van der Waals surface area contributed by atoms with Gasteiger partial charge in [-0.15, -0.1) is 0 Å². The van der Waals surface area contributed by atoms with Crippen molar-refractivity contribution >= 4 is 5.97 Å². The van der Waals surface area contributed by atoms with Crippen molar-refractivity contribution in [1.29, 1.82) is 0 Å². The van der Waals surface area contributed by atoms with Gasteiger partial charge in [0.15, 0.2) is 0 Å². The number of nitrogens with one attached hydrogen (secondary N) is 1. The van der Waals surface area contributed by atoms with E-state index in [0.717, 1.165) is 13.1 Å². The molecule has 0 spiro atoms. The molecule has 4 nitrogen and oxygen atoms in total. The monoisotopic (exact) mass is 244 g/mol. The average Bonchev–Trinajstić information content (AvgIpc) is 2.14. The minimum Gasteiger partial charge on any atom is -0.459 e. The fourth-order valence-corrected chi connectivity index (χ4v) is 1.19. The smallest absolute Gasteiger partial charge is 0.323 e. The zero-order valence-corrected chi connectivity index (χ0v) is 12.3. The third-order valence-electron chi connectivity index (χ3n) is 2.56. The lowest BCUT2D eigenvalue weighted by Gasteiger charge is -2.24. The highest BCUT2D eigenvalue weighted by atomic mass is 16.6. The van der Waals surface area contributed by atoms with Crippen molar-refractivity contribution in [2.24, 2.45) is 0 Å². The van der Waals surface area contributed by atoms with Gasteiger partial charge in [-0.05, 0) is 48.6 Å². The van der Waals surface area contributed by atoms with E-state index in [1.165, 1.54) is 0 Å². The summed E-state index contributed by atoms with van der Waals surface area (Å²) in [6, 6.07) is 0.267. The van der Waals surface area contributed by atoms with Crippen molar-refractivity contribution in [2.45, 2.75) is 59.2 Å². The van der Waals surface area contributed by atoms with Crippen LogP contribution in [0.1, 0.15) is 41.5 Å². The van der Waals surface area contributed by atoms with Crippen LogP contribution in [0.2, 0.25) is 0 Å². The molecule has 0 aliphatic carbocycles. The Bertz CT molecular complexity index is 234. The van der Waals surface area contributed by atoms with Gasteiger partial charge >= 0.3 is 5.97 Å². The summed E-state index contributed by atoms with van der Waals surface area (Å²) < 4.78 is 5.29. The van der Waals surface area contributed by atoms with E-state index in [1.807, 2.05) is 27.7 Å². The van der Waals surface area contributed by atoms with Crippen LogP contribution in [0.3, 0.4) is 0 Å². The number of hydrogen-bond donors (Lipinski definition) is 1. The molecule has 0 radical (unpaired) electrons. The van der Waals surface area contributed by atoms with Gasteiger partial charge in [0.25, 0.3) is 0 Å². The van der Waals surface area contributed by atoms with Crippen molar-refractivity contribution in [1.82, 2.24) is 10.2 Å². The van der Waals surface area contributed by atoms with Gasteiger partial charge in [0, 0.05) is 19.1 Å². The molecule has 1 N–H and O–H groups in total. The second-order valence-corrected chi connectivity index (χ2v) is 5.78. The van der Waals surface area contributed by atoms with E-state index < -0.39 is 5.60 Å². The molecule has 0 rings (SSSR count). The molecule has 102 valence electrons. The Kier molecular flexibility index (Phi) is 6.72. The molecule has 1 unspecified atom stereocenters. The van der Waals surface area contributed by atoms with Crippen LogP contribution >= 0.6 is 0 Å². The van der Waals surface area contributed by atoms with Crippen molar-refractivity contribution in [3.63, 3.8) is 0 Å². The van der Waals surface area contributed by atoms with Crippen molar-refractivity contribution < 1.29 is 9.53 Å². The summed E-state index contributed by atoms with van der Waals surface area (Å²) >= 11 is 0. The zero-order chi connectivity index (χ0) is 13.6. The number of nitrogens with zero attached hydrogens (tertiary/aromatic N) is 1. The second-order valence-electron chi connectivity index (χ2n) is 5.78. The molecular weight excluding hydrogens is 216 g/mol. The summed E-state index contributed by atoms with van der Waals surface area (Å²) in [7, 11) is 2.07. The highest BCUT2D eigenvalue weighted by Crippen LogP contribution is 2.08. The minimum atomic E-state index is -0.415. The topological polar surface area (TPSA) is 41.6 Å². The molecule has 17 heavy (non-hydrogen) atoms. The second kappa shape index (κ2) is 6.97. The van der Waals surface area contributed by atoms with E-state index in [-0.39, 0.29) is 12.0 Å². The number of carbonyl (C=O) groups is 1. The normalized spacial score (nSPS) is 14.2. The number of rotatable bonds is 6. The average molecular weight is 244 g/mol. The third kappa shape index (κ3) is 8.16. The predicted molar refractivity (Wildman–Crippen MR) is 71.1 cm³/mol. The summed E-state index contributed by atoms with van der Waals surface area (Å²) in [6.07, 6.45) is 0. The Morgan fingerprint density at radius 3 is 2.24 bits per heavy atom. The van der Waals surface area contributed by atoms with E-state index in [2.05, 4.69) is 31.1 Å². The van der Waals surface area contributed by atoms with Crippen LogP contribution in [-0.2, 0) is 9.53 Å². The first-order chi connectivity index (χ1) is 7.63. The van der Waals surface area contributed by atoms with Gasteiger partial charge < -0.3 is 15.0 Å². The highest BCUT2D eigenvalue weighted by Gasteiger charge is 2.21. The third-order valence-corrected chi connectivity index (χ3v) is 2.56. The number of likely N-dealkylation sites (N-methyl/N-ethyl adjacent to an activating group) is 1. The van der Waals surface area contributed by atoms with E-state index >= 15 is 0 Å². The van der Waals surface area contributed by atoms with E-state index in [1.54, 1.807) is 0 Å². The molecule has 0 fully saturated rings. The molecule has 0 amide bonds. The van der Waals surface area contributed by atoms with Crippen molar-refractivity contribution in [3.8, 4) is 0 Å². The fraction of sp³-hybridized carbons (Fsp3) is 0.923. The Morgan fingerprint density at radius 2 is 1.82 bits per heavy atom. The maximum atomic E-state index is 11.7. The molecule has 0 aromatic rings. The molecule has 4 heteroatoms. The van der Waals surface area contributed by atoms with E-state index in [9.17, 15) is 4.79 Å². The fourth-order valence-electron chi connectivity index (χ4n) is 1.19. The lowest BCUT2D eigenvalue weighted by atomic mass is 10.2. The Hall–Kier alpha value is -0.610. The number of carbonyl (C=O) groups excluding carboxylic acids is 1. The molecule has 0 bridgehead atoms. The van der Waals surface area contributed by atoms with Gasteiger partial charge in [0.05, 0.1) is 0 Å². The van der Waals surface area contributed by atoms with Crippen LogP contribution in [0, 0.1) is 0 Å². The molecule has 0 aliphatic heterocycles. The van der Waals surface area contributed by atoms with Crippen LogP contribution in [0.15, 0.2) is 0 Å². The van der Waals surface area contributed by atoms with Gasteiger partial charge in [0.1, 0.15) is 11.6 Å². The summed E-state index contributed by atoms with van der Waals surface area (Å²) in [5.74, 6) is -0.190. The van der Waals surface area contributed by atoms with E-state index in [4.69, 9.17) is 4.74 Å². The maximum Gasteiger partial charge on any atom is 0.323 e. The molecule has 0 aromatic carbocycles. The summed E-state index contributed by atoms with van der Waals surface area (Å²) in [5.41, 5.74) is -0.415. The Balaban J connectivity index is 3.87. The summed E-state index contributed by atoms with van der Waals surface area (Å²) in [4.78, 5) is 13.9. The maximum absolute atomic E-state index is 11.7. The van der Waals surface area contributed by atoms with Crippen LogP contribution in [0.5, 0.6) is 0 Å². The van der Waals surface area contributed by atoms with Crippen LogP contribution in [0.25, 0.3) is 0 Å². The SMILES string of the molecule is CC(NCCN(C)C(C)C)C(=O)OC(C)(C)C. The van der Waals surface area contributed by atoms with Gasteiger partial charge in [-0.2, -0.15) is 0 Å². The first kappa shape index (κ1) is 16.4. The molecule has 0 saturated carbocycles. The Labute approximate surface area is 106 Å². The van der Waals surface area contributed by atoms with Crippen LogP contribution in [-0.4, -0.2) is 48.7 Å². The Morgan fingerprint density at radius 1 is 1.29 bits per heavy atom. The zero-order valence-electron chi connectivity index (χ0n) is 12.3. The van der Waals surface area contributed by atoms with Crippen LogP contribution < -0.4 is 5.32 Å². The predicted octanol–water partition coefficient (Wildman–Crippen LogP) is 1.65. The molecule has 0 heterocycles. The number of esters is 1. The van der Waals surface area contributed by atoms with Gasteiger partial charge in [-0.25, -0.2) is 0 Å². The molecule has 1 atom stereocenters. The highest BCUT2D eigenvalue weighted by molar-refractivity contribution is 5.75. The summed E-state index contributed by atoms with van der Waals surface area (Å²) in [6.45, 7) is 13.5. The molecule has 0 aromatic heterocycles. The summed E-state index contributed by atoms with van der Waals surface area (Å²) in [5, 5.41) is 3.17. The molecule has 0 saturated heterocycles.